The zero-order valence-electron chi connectivity index (χ0n) is 22.5. The van der Waals surface area contributed by atoms with E-state index in [4.69, 9.17) is 14.5 Å². The number of aromatic nitrogens is 2. The van der Waals surface area contributed by atoms with Crippen LogP contribution in [0.4, 0.5) is 0 Å². The smallest absolute Gasteiger partial charge is 0.338 e. The normalized spacial score (nSPS) is 10.7. The van der Waals surface area contributed by atoms with Gasteiger partial charge in [0.2, 0.25) is 0 Å². The van der Waals surface area contributed by atoms with Crippen molar-refractivity contribution in [3.8, 4) is 11.1 Å². The van der Waals surface area contributed by atoms with E-state index in [0.29, 0.717) is 41.8 Å². The molecule has 0 aliphatic carbocycles. The van der Waals surface area contributed by atoms with Gasteiger partial charge in [0.25, 0.3) is 5.56 Å². The third-order valence-electron chi connectivity index (χ3n) is 6.64. The van der Waals surface area contributed by atoms with Crippen LogP contribution in [-0.2, 0) is 28.7 Å². The van der Waals surface area contributed by atoms with E-state index < -0.39 is 0 Å². The van der Waals surface area contributed by atoms with Crippen molar-refractivity contribution in [3.05, 3.63) is 122 Å². The van der Waals surface area contributed by atoms with E-state index in [0.717, 1.165) is 40.8 Å². The van der Waals surface area contributed by atoms with E-state index in [9.17, 15) is 14.4 Å². The van der Waals surface area contributed by atoms with Crippen molar-refractivity contribution < 1.29 is 19.1 Å². The molecule has 1 aromatic heterocycles. The van der Waals surface area contributed by atoms with Gasteiger partial charge < -0.3 is 14.5 Å². The third-order valence-corrected chi connectivity index (χ3v) is 6.64. The predicted molar refractivity (Wildman–Crippen MR) is 150 cm³/mol. The van der Waals surface area contributed by atoms with Gasteiger partial charge in [-0.15, -0.1) is 0 Å². The van der Waals surface area contributed by atoms with Gasteiger partial charge in [0.05, 0.1) is 31.0 Å². The Labute approximate surface area is 227 Å². The summed E-state index contributed by atoms with van der Waals surface area (Å²) in [5, 5.41) is 0. The molecule has 200 valence electrons. The minimum absolute atomic E-state index is 0.141. The summed E-state index contributed by atoms with van der Waals surface area (Å²) in [6.45, 7) is 2.11. The first-order valence-corrected chi connectivity index (χ1v) is 13.0. The van der Waals surface area contributed by atoms with Gasteiger partial charge in [-0.05, 0) is 53.3 Å². The summed E-state index contributed by atoms with van der Waals surface area (Å²) in [7, 11) is 2.72. The number of rotatable bonds is 10. The average molecular weight is 525 g/mol. The highest BCUT2D eigenvalue weighted by Gasteiger charge is 2.15. The molecule has 4 rings (SSSR count). The number of carbonyl (C=O) groups is 2. The largest absolute Gasteiger partial charge is 0.465 e. The van der Waals surface area contributed by atoms with Gasteiger partial charge in [0.1, 0.15) is 5.82 Å². The number of methoxy groups -OCH3 is 2. The Morgan fingerprint density at radius 3 is 2.13 bits per heavy atom. The van der Waals surface area contributed by atoms with Crippen molar-refractivity contribution in [2.75, 3.05) is 14.2 Å². The van der Waals surface area contributed by atoms with Crippen LogP contribution >= 0.6 is 0 Å². The highest BCUT2D eigenvalue weighted by atomic mass is 16.5. The number of H-pyrrole nitrogens is 1. The monoisotopic (exact) mass is 524 g/mol. The highest BCUT2D eigenvalue weighted by molar-refractivity contribution is 5.97. The van der Waals surface area contributed by atoms with E-state index in [1.165, 1.54) is 14.2 Å². The predicted octanol–water partition coefficient (Wildman–Crippen LogP) is 5.53. The molecule has 0 spiro atoms. The fourth-order valence-electron chi connectivity index (χ4n) is 4.51. The van der Waals surface area contributed by atoms with Crippen LogP contribution in [0.15, 0.2) is 77.6 Å². The first kappa shape index (κ1) is 27.5. The molecule has 0 aliphatic heterocycles. The van der Waals surface area contributed by atoms with Crippen molar-refractivity contribution in [1.82, 2.24) is 9.97 Å². The molecule has 0 fully saturated rings. The fourth-order valence-corrected chi connectivity index (χ4v) is 4.51. The van der Waals surface area contributed by atoms with Crippen LogP contribution in [0, 0.1) is 0 Å². The molecule has 1 N–H and O–H groups in total. The van der Waals surface area contributed by atoms with Gasteiger partial charge in [-0.2, -0.15) is 0 Å². The summed E-state index contributed by atoms with van der Waals surface area (Å²) < 4.78 is 9.68. The second-order valence-corrected chi connectivity index (χ2v) is 9.32. The summed E-state index contributed by atoms with van der Waals surface area (Å²) >= 11 is 0. The Hall–Kier alpha value is -4.52. The number of aromatic amines is 1. The number of unbranched alkanes of at least 4 members (excludes halogenated alkanes) is 1. The molecule has 0 atom stereocenters. The van der Waals surface area contributed by atoms with Crippen LogP contribution in [0.1, 0.15) is 68.7 Å². The van der Waals surface area contributed by atoms with Gasteiger partial charge in [0, 0.05) is 18.4 Å². The molecule has 1 heterocycles. The van der Waals surface area contributed by atoms with Crippen molar-refractivity contribution in [3.63, 3.8) is 0 Å². The van der Waals surface area contributed by atoms with Crippen LogP contribution in [-0.4, -0.2) is 36.1 Å². The Morgan fingerprint density at radius 1 is 0.821 bits per heavy atom. The molecule has 4 aromatic rings. The minimum Gasteiger partial charge on any atom is -0.465 e. The first-order chi connectivity index (χ1) is 18.9. The Kier molecular flexibility index (Phi) is 9.05. The van der Waals surface area contributed by atoms with E-state index in [2.05, 4.69) is 11.9 Å². The number of aryl methyl sites for hydroxylation is 1. The van der Waals surface area contributed by atoms with Gasteiger partial charge >= 0.3 is 11.9 Å². The standard InChI is InChI=1S/C32H32N2O5/c1-4-5-10-28-27(30(35)34-29(33-28)20-22-13-17-24(18-14-22)31(36)38-2)19-21-11-15-23(16-12-21)25-8-6-7-9-26(25)32(37)39-3/h6-9,11-18H,4-5,10,19-20H2,1-3H3,(H,33,34,35). The highest BCUT2D eigenvalue weighted by Crippen LogP contribution is 2.25. The number of nitrogens with zero attached hydrogens (tertiary/aromatic N) is 1. The fraction of sp³-hybridized carbons (Fsp3) is 0.250. The minimum atomic E-state index is -0.389. The zero-order valence-corrected chi connectivity index (χ0v) is 22.5. The number of hydrogen-bond acceptors (Lipinski definition) is 6. The van der Waals surface area contributed by atoms with Crippen LogP contribution in [0.3, 0.4) is 0 Å². The van der Waals surface area contributed by atoms with E-state index >= 15 is 0 Å². The quantitative estimate of drug-likeness (QED) is 0.274. The molecule has 0 amide bonds. The molecule has 39 heavy (non-hydrogen) atoms. The van der Waals surface area contributed by atoms with Crippen molar-refractivity contribution >= 4 is 11.9 Å². The van der Waals surface area contributed by atoms with Crippen molar-refractivity contribution in [2.45, 2.75) is 39.0 Å². The Balaban J connectivity index is 1.58. The topological polar surface area (TPSA) is 98.4 Å². The number of benzene rings is 3. The van der Waals surface area contributed by atoms with Gasteiger partial charge in [-0.1, -0.05) is 67.9 Å². The average Bonchev–Trinajstić information content (AvgIpc) is 2.97. The number of esters is 2. The van der Waals surface area contributed by atoms with Gasteiger partial charge in [-0.25, -0.2) is 14.6 Å². The summed E-state index contributed by atoms with van der Waals surface area (Å²) in [5.74, 6) is -0.178. The maximum Gasteiger partial charge on any atom is 0.338 e. The molecular formula is C32H32N2O5. The lowest BCUT2D eigenvalue weighted by molar-refractivity contribution is 0.0592. The first-order valence-electron chi connectivity index (χ1n) is 13.0. The maximum atomic E-state index is 13.2. The summed E-state index contributed by atoms with van der Waals surface area (Å²) in [6.07, 6.45) is 3.54. The molecule has 0 unspecified atom stereocenters. The van der Waals surface area contributed by atoms with E-state index in [-0.39, 0.29) is 17.5 Å². The lowest BCUT2D eigenvalue weighted by atomic mass is 9.96. The molecule has 0 aliphatic rings. The Bertz CT molecular complexity index is 1510. The molecule has 0 saturated carbocycles. The van der Waals surface area contributed by atoms with Crippen LogP contribution in [0.25, 0.3) is 11.1 Å². The number of carbonyl (C=O) groups excluding carboxylic acids is 2. The molecule has 3 aromatic carbocycles. The molecular weight excluding hydrogens is 492 g/mol. The van der Waals surface area contributed by atoms with E-state index in [1.807, 2.05) is 54.6 Å². The molecule has 0 radical (unpaired) electrons. The molecule has 7 heteroatoms. The SMILES string of the molecule is CCCCc1nc(Cc2ccc(C(=O)OC)cc2)[nH]c(=O)c1Cc1ccc(-c2ccccc2C(=O)OC)cc1. The molecule has 0 bridgehead atoms. The third kappa shape index (κ3) is 6.68. The molecule has 0 saturated heterocycles. The van der Waals surface area contributed by atoms with Crippen molar-refractivity contribution in [1.29, 1.82) is 0 Å². The summed E-state index contributed by atoms with van der Waals surface area (Å²) in [5.41, 5.74) is 5.91. The second kappa shape index (κ2) is 12.8. The molecule has 7 nitrogen and oxygen atoms in total. The van der Waals surface area contributed by atoms with Crippen LogP contribution in [0.2, 0.25) is 0 Å². The number of hydrogen-bond donors (Lipinski definition) is 1. The second-order valence-electron chi connectivity index (χ2n) is 9.32. The van der Waals surface area contributed by atoms with Crippen LogP contribution in [0.5, 0.6) is 0 Å². The lowest BCUT2D eigenvalue weighted by Crippen LogP contribution is -2.21. The van der Waals surface area contributed by atoms with Crippen LogP contribution < -0.4 is 5.56 Å². The van der Waals surface area contributed by atoms with Gasteiger partial charge in [-0.3, -0.25) is 4.79 Å². The van der Waals surface area contributed by atoms with Gasteiger partial charge in [0.15, 0.2) is 0 Å². The maximum absolute atomic E-state index is 13.2. The summed E-state index contributed by atoms with van der Waals surface area (Å²) in [6, 6.07) is 22.3. The number of nitrogens with one attached hydrogen (secondary N) is 1. The lowest BCUT2D eigenvalue weighted by Gasteiger charge is -2.12. The Morgan fingerprint density at radius 2 is 1.46 bits per heavy atom. The van der Waals surface area contributed by atoms with Crippen molar-refractivity contribution in [2.24, 2.45) is 0 Å². The number of ether oxygens (including phenoxy) is 2. The summed E-state index contributed by atoms with van der Waals surface area (Å²) in [4.78, 5) is 44.9. The zero-order chi connectivity index (χ0) is 27.8. The van der Waals surface area contributed by atoms with E-state index in [1.54, 1.807) is 18.2 Å².